The second-order valence-electron chi connectivity index (χ2n) is 4.17. The smallest absolute Gasteiger partial charge is 0.266 e. The van der Waals surface area contributed by atoms with Crippen molar-refractivity contribution in [1.82, 2.24) is 4.90 Å². The minimum atomic E-state index is -0.0417. The van der Waals surface area contributed by atoms with Crippen molar-refractivity contribution in [3.8, 4) is 0 Å². The van der Waals surface area contributed by atoms with Crippen LogP contribution in [0.4, 0.5) is 0 Å². The molecule has 0 N–H and O–H groups in total. The van der Waals surface area contributed by atoms with Crippen LogP contribution >= 0.6 is 35.6 Å². The first-order valence-electron chi connectivity index (χ1n) is 5.52. The van der Waals surface area contributed by atoms with E-state index in [9.17, 15) is 4.79 Å². The SMILES string of the molecule is CC(C)N1C(=O)/C(=C/c2ccccc2Cl)SC1=S. The zero-order valence-corrected chi connectivity index (χ0v) is 12.4. The molecule has 0 unspecified atom stereocenters. The number of thioether (sulfide) groups is 1. The molecule has 1 aliphatic rings. The van der Waals surface area contributed by atoms with Crippen LogP contribution in [0.2, 0.25) is 5.02 Å². The number of rotatable bonds is 2. The summed E-state index contributed by atoms with van der Waals surface area (Å²) < 4.78 is 0.605. The van der Waals surface area contributed by atoms with Gasteiger partial charge in [0.2, 0.25) is 0 Å². The number of hydrogen-bond donors (Lipinski definition) is 0. The van der Waals surface area contributed by atoms with Crippen LogP contribution in [0.15, 0.2) is 29.2 Å². The molecule has 0 aromatic heterocycles. The zero-order valence-electron chi connectivity index (χ0n) is 10.0. The molecular weight excluding hydrogens is 286 g/mol. The van der Waals surface area contributed by atoms with Gasteiger partial charge in [-0.05, 0) is 31.6 Å². The summed E-state index contributed by atoms with van der Waals surface area (Å²) in [6, 6.07) is 7.51. The van der Waals surface area contributed by atoms with Gasteiger partial charge in [-0.3, -0.25) is 9.69 Å². The van der Waals surface area contributed by atoms with Gasteiger partial charge in [-0.2, -0.15) is 0 Å². The fraction of sp³-hybridized carbons (Fsp3) is 0.231. The lowest BCUT2D eigenvalue weighted by Crippen LogP contribution is -2.34. The highest BCUT2D eigenvalue weighted by Crippen LogP contribution is 2.34. The molecule has 2 nitrogen and oxygen atoms in total. The van der Waals surface area contributed by atoms with Crippen LogP contribution in [0.5, 0.6) is 0 Å². The van der Waals surface area contributed by atoms with Gasteiger partial charge in [0, 0.05) is 11.1 Å². The number of carbonyl (C=O) groups excluding carboxylic acids is 1. The van der Waals surface area contributed by atoms with Gasteiger partial charge in [0.1, 0.15) is 4.32 Å². The Morgan fingerprint density at radius 2 is 2.06 bits per heavy atom. The molecule has 94 valence electrons. The predicted octanol–water partition coefficient (Wildman–Crippen LogP) is 3.95. The number of nitrogens with zero attached hydrogens (tertiary/aromatic N) is 1. The number of carbonyl (C=O) groups is 1. The molecule has 0 saturated carbocycles. The Balaban J connectivity index is 2.34. The Kier molecular flexibility index (Phi) is 4.10. The third kappa shape index (κ3) is 2.60. The third-order valence-electron chi connectivity index (χ3n) is 2.53. The molecule has 1 aliphatic heterocycles. The summed E-state index contributed by atoms with van der Waals surface area (Å²) in [5, 5.41) is 0.632. The van der Waals surface area contributed by atoms with Gasteiger partial charge in [-0.1, -0.05) is 53.8 Å². The van der Waals surface area contributed by atoms with Gasteiger partial charge in [-0.25, -0.2) is 0 Å². The van der Waals surface area contributed by atoms with Gasteiger partial charge in [0.25, 0.3) is 5.91 Å². The van der Waals surface area contributed by atoms with Crippen molar-refractivity contribution in [2.75, 3.05) is 0 Å². The second-order valence-corrected chi connectivity index (χ2v) is 6.25. The van der Waals surface area contributed by atoms with E-state index in [2.05, 4.69) is 0 Å². The van der Waals surface area contributed by atoms with Crippen LogP contribution in [0.1, 0.15) is 19.4 Å². The molecule has 1 heterocycles. The van der Waals surface area contributed by atoms with Gasteiger partial charge < -0.3 is 0 Å². The normalized spacial score (nSPS) is 18.2. The molecule has 1 amide bonds. The molecule has 1 aromatic rings. The molecule has 0 spiro atoms. The van der Waals surface area contributed by atoms with Crippen molar-refractivity contribution < 1.29 is 4.79 Å². The van der Waals surface area contributed by atoms with E-state index in [0.29, 0.717) is 14.2 Å². The van der Waals surface area contributed by atoms with Gasteiger partial charge in [-0.15, -0.1) is 0 Å². The Morgan fingerprint density at radius 3 is 2.61 bits per heavy atom. The Labute approximate surface area is 121 Å². The van der Waals surface area contributed by atoms with Crippen LogP contribution in [0, 0.1) is 0 Å². The average molecular weight is 298 g/mol. The lowest BCUT2D eigenvalue weighted by Gasteiger charge is -2.18. The molecule has 0 aliphatic carbocycles. The molecule has 1 saturated heterocycles. The standard InChI is InChI=1S/C13H12ClNOS2/c1-8(2)15-12(16)11(18-13(15)17)7-9-5-3-4-6-10(9)14/h3-8H,1-2H3/b11-7-. The number of hydrogen-bond acceptors (Lipinski definition) is 3. The van der Waals surface area contributed by atoms with E-state index in [1.807, 2.05) is 32.0 Å². The molecule has 1 fully saturated rings. The number of thiocarbonyl (C=S) groups is 1. The van der Waals surface area contributed by atoms with Crippen LogP contribution in [0.3, 0.4) is 0 Å². The van der Waals surface area contributed by atoms with E-state index < -0.39 is 0 Å². The van der Waals surface area contributed by atoms with E-state index in [1.165, 1.54) is 11.8 Å². The van der Waals surface area contributed by atoms with E-state index in [1.54, 1.807) is 17.0 Å². The van der Waals surface area contributed by atoms with Gasteiger partial charge >= 0.3 is 0 Å². The highest BCUT2D eigenvalue weighted by Gasteiger charge is 2.33. The third-order valence-corrected chi connectivity index (χ3v) is 4.21. The van der Waals surface area contributed by atoms with E-state index in [-0.39, 0.29) is 11.9 Å². The van der Waals surface area contributed by atoms with E-state index in [4.69, 9.17) is 23.8 Å². The van der Waals surface area contributed by atoms with Crippen molar-refractivity contribution in [1.29, 1.82) is 0 Å². The van der Waals surface area contributed by atoms with Crippen molar-refractivity contribution in [3.63, 3.8) is 0 Å². The van der Waals surface area contributed by atoms with Crippen LogP contribution in [0.25, 0.3) is 6.08 Å². The van der Waals surface area contributed by atoms with Gasteiger partial charge in [0.15, 0.2) is 0 Å². The lowest BCUT2D eigenvalue weighted by molar-refractivity contribution is -0.123. The molecule has 0 atom stereocenters. The summed E-state index contributed by atoms with van der Waals surface area (Å²) in [5.74, 6) is -0.0417. The highest BCUT2D eigenvalue weighted by molar-refractivity contribution is 8.26. The maximum atomic E-state index is 12.2. The minimum absolute atomic E-state index is 0.0417. The summed E-state index contributed by atoms with van der Waals surface area (Å²) in [4.78, 5) is 14.4. The van der Waals surface area contributed by atoms with E-state index in [0.717, 1.165) is 5.56 Å². The minimum Gasteiger partial charge on any atom is -0.290 e. The number of halogens is 1. The zero-order chi connectivity index (χ0) is 13.3. The van der Waals surface area contributed by atoms with Crippen molar-refractivity contribution in [2.24, 2.45) is 0 Å². The summed E-state index contributed by atoms with van der Waals surface area (Å²) >= 11 is 12.6. The first-order chi connectivity index (χ1) is 8.50. The van der Waals surface area contributed by atoms with Crippen molar-refractivity contribution in [3.05, 3.63) is 39.8 Å². The quantitative estimate of drug-likeness (QED) is 0.609. The molecule has 0 radical (unpaired) electrons. The van der Waals surface area contributed by atoms with Crippen LogP contribution in [-0.2, 0) is 4.79 Å². The van der Waals surface area contributed by atoms with Crippen LogP contribution < -0.4 is 0 Å². The summed E-state index contributed by atoms with van der Waals surface area (Å²) in [6.07, 6.45) is 1.80. The fourth-order valence-corrected chi connectivity index (χ4v) is 3.36. The Bertz CT molecular complexity index is 540. The molecule has 2 rings (SSSR count). The maximum Gasteiger partial charge on any atom is 0.266 e. The topological polar surface area (TPSA) is 20.3 Å². The van der Waals surface area contributed by atoms with Gasteiger partial charge in [0.05, 0.1) is 4.91 Å². The largest absolute Gasteiger partial charge is 0.290 e. The molecule has 5 heteroatoms. The average Bonchev–Trinajstić information content (AvgIpc) is 2.57. The first kappa shape index (κ1) is 13.6. The Morgan fingerprint density at radius 1 is 1.39 bits per heavy atom. The molecule has 0 bridgehead atoms. The van der Waals surface area contributed by atoms with E-state index >= 15 is 0 Å². The monoisotopic (exact) mass is 297 g/mol. The van der Waals surface area contributed by atoms with Crippen LogP contribution in [-0.4, -0.2) is 21.2 Å². The maximum absolute atomic E-state index is 12.2. The number of benzene rings is 1. The summed E-state index contributed by atoms with van der Waals surface area (Å²) in [5.41, 5.74) is 0.837. The Hall–Kier alpha value is -0.840. The molecule has 18 heavy (non-hydrogen) atoms. The van der Waals surface area contributed by atoms with Crippen molar-refractivity contribution in [2.45, 2.75) is 19.9 Å². The number of amides is 1. The lowest BCUT2D eigenvalue weighted by atomic mass is 10.2. The second kappa shape index (κ2) is 5.43. The van der Waals surface area contributed by atoms with Crippen molar-refractivity contribution >= 4 is 51.9 Å². The highest BCUT2D eigenvalue weighted by atomic mass is 35.5. The first-order valence-corrected chi connectivity index (χ1v) is 7.12. The predicted molar refractivity (Wildman–Crippen MR) is 81.6 cm³/mol. The molecular formula is C13H12ClNOS2. The molecule has 1 aromatic carbocycles. The summed E-state index contributed by atoms with van der Waals surface area (Å²) in [7, 11) is 0. The summed E-state index contributed by atoms with van der Waals surface area (Å²) in [6.45, 7) is 3.90. The fourth-order valence-electron chi connectivity index (χ4n) is 1.66.